The van der Waals surface area contributed by atoms with Gasteiger partial charge in [-0.15, -0.1) is 0 Å². The number of carbonyl (C=O) groups excluding carboxylic acids is 1. The van der Waals surface area contributed by atoms with Crippen LogP contribution in [0.15, 0.2) is 18.2 Å². The van der Waals surface area contributed by atoms with Crippen molar-refractivity contribution < 1.29 is 9.53 Å². The second-order valence-electron chi connectivity index (χ2n) is 6.09. The van der Waals surface area contributed by atoms with E-state index in [9.17, 15) is 4.79 Å². The molecule has 0 atom stereocenters. The minimum absolute atomic E-state index is 0.0643. The van der Waals surface area contributed by atoms with Crippen LogP contribution in [0.25, 0.3) is 0 Å². The Hall–Kier alpha value is -0.980. The fraction of sp³-hybridized carbons (Fsp3) is 0.562. The van der Waals surface area contributed by atoms with E-state index in [1.165, 1.54) is 10.5 Å². The molecule has 0 aliphatic rings. The summed E-state index contributed by atoms with van der Waals surface area (Å²) in [5.41, 5.74) is 2.18. The maximum absolute atomic E-state index is 11.7. The lowest BCUT2D eigenvalue weighted by Crippen LogP contribution is -2.26. The van der Waals surface area contributed by atoms with E-state index in [4.69, 9.17) is 4.74 Å². The van der Waals surface area contributed by atoms with Crippen molar-refractivity contribution >= 4 is 34.4 Å². The summed E-state index contributed by atoms with van der Waals surface area (Å²) in [5.74, 6) is 0.580. The van der Waals surface area contributed by atoms with Gasteiger partial charge in [0, 0.05) is 28.2 Å². The Morgan fingerprint density at radius 3 is 2.00 bits per heavy atom. The van der Waals surface area contributed by atoms with Crippen molar-refractivity contribution in [2.45, 2.75) is 26.2 Å². The Bertz CT molecular complexity index is 466. The van der Waals surface area contributed by atoms with E-state index in [2.05, 4.69) is 49.4 Å². The first-order chi connectivity index (χ1) is 9.62. The van der Waals surface area contributed by atoms with E-state index in [0.717, 1.165) is 5.69 Å². The topological polar surface area (TPSA) is 32.8 Å². The van der Waals surface area contributed by atoms with Crippen molar-refractivity contribution in [1.29, 1.82) is 0 Å². The molecular formula is C16H27IN2O2. The van der Waals surface area contributed by atoms with Crippen LogP contribution >= 0.6 is 22.6 Å². The number of anilines is 1. The minimum Gasteiger partial charge on any atom is -0.408 e. The summed E-state index contributed by atoms with van der Waals surface area (Å²) in [6, 6.07) is 5.93. The van der Waals surface area contributed by atoms with Gasteiger partial charge in [0.2, 0.25) is 0 Å². The number of halogens is 1. The lowest BCUT2D eigenvalue weighted by molar-refractivity contribution is 0.172. The second kappa shape index (κ2) is 8.46. The maximum Gasteiger partial charge on any atom is 0.414 e. The van der Waals surface area contributed by atoms with Crippen LogP contribution in [0.5, 0.6) is 5.75 Å². The van der Waals surface area contributed by atoms with Crippen LogP contribution in [0.2, 0.25) is 0 Å². The normalized spacial score (nSPS) is 10.3. The molecule has 0 aliphatic carbocycles. The SMILES string of the molecule is CI.CN(C)C(=O)Oc1ccc(C(C)(C)C)cc1N(C)C. The molecule has 0 heterocycles. The summed E-state index contributed by atoms with van der Waals surface area (Å²) in [6.07, 6.45) is -0.369. The maximum atomic E-state index is 11.7. The molecule has 0 aromatic heterocycles. The standard InChI is InChI=1S/C15H24N2O2.CH3I/c1-15(2,3)11-8-9-13(12(10-11)16(4)5)19-14(18)17(6)7;1-2/h8-10H,1-7H3;1H3. The first-order valence-electron chi connectivity index (χ1n) is 6.71. The summed E-state index contributed by atoms with van der Waals surface area (Å²) in [5, 5.41) is 0. The monoisotopic (exact) mass is 406 g/mol. The van der Waals surface area contributed by atoms with Gasteiger partial charge < -0.3 is 14.5 Å². The van der Waals surface area contributed by atoms with E-state index in [0.29, 0.717) is 5.75 Å². The van der Waals surface area contributed by atoms with Crippen molar-refractivity contribution in [1.82, 2.24) is 4.90 Å². The molecule has 0 N–H and O–H groups in total. The van der Waals surface area contributed by atoms with Crippen LogP contribution in [0.1, 0.15) is 26.3 Å². The third kappa shape index (κ3) is 6.11. The van der Waals surface area contributed by atoms with Crippen LogP contribution in [0.3, 0.4) is 0 Å². The Morgan fingerprint density at radius 2 is 1.62 bits per heavy atom. The second-order valence-corrected chi connectivity index (χ2v) is 6.09. The molecule has 0 unspecified atom stereocenters. The number of amides is 1. The summed E-state index contributed by atoms with van der Waals surface area (Å²) >= 11 is 2.15. The minimum atomic E-state index is -0.369. The number of carbonyl (C=O) groups is 1. The van der Waals surface area contributed by atoms with Crippen LogP contribution in [0, 0.1) is 0 Å². The molecule has 0 fully saturated rings. The zero-order chi connectivity index (χ0) is 16.8. The van der Waals surface area contributed by atoms with Crippen LogP contribution in [-0.4, -0.2) is 44.1 Å². The fourth-order valence-electron chi connectivity index (χ4n) is 1.61. The van der Waals surface area contributed by atoms with Gasteiger partial charge in [0.15, 0.2) is 5.75 Å². The molecule has 0 radical (unpaired) electrons. The number of benzene rings is 1. The zero-order valence-corrected chi connectivity index (χ0v) is 16.5. The smallest absolute Gasteiger partial charge is 0.408 e. The number of nitrogens with zero attached hydrogens (tertiary/aromatic N) is 2. The van der Waals surface area contributed by atoms with Crippen molar-refractivity contribution in [2.75, 3.05) is 38.0 Å². The quantitative estimate of drug-likeness (QED) is 0.546. The highest BCUT2D eigenvalue weighted by atomic mass is 127. The molecule has 4 nitrogen and oxygen atoms in total. The molecule has 120 valence electrons. The van der Waals surface area contributed by atoms with Crippen molar-refractivity contribution in [3.8, 4) is 5.75 Å². The van der Waals surface area contributed by atoms with E-state index < -0.39 is 0 Å². The highest BCUT2D eigenvalue weighted by Gasteiger charge is 2.18. The summed E-state index contributed by atoms with van der Waals surface area (Å²) in [7, 11) is 7.21. The molecule has 1 aromatic rings. The number of rotatable bonds is 2. The van der Waals surface area contributed by atoms with Gasteiger partial charge in [-0.3, -0.25) is 0 Å². The molecule has 1 amide bonds. The van der Waals surface area contributed by atoms with E-state index in [1.54, 1.807) is 14.1 Å². The predicted molar refractivity (Wildman–Crippen MR) is 99.1 cm³/mol. The lowest BCUT2D eigenvalue weighted by Gasteiger charge is -2.24. The third-order valence-electron chi connectivity index (χ3n) is 2.87. The Balaban J connectivity index is 0.00000191. The largest absolute Gasteiger partial charge is 0.414 e. The summed E-state index contributed by atoms with van der Waals surface area (Å²) in [6.45, 7) is 6.48. The van der Waals surface area contributed by atoms with Crippen LogP contribution in [-0.2, 0) is 5.41 Å². The molecule has 0 bridgehead atoms. The number of ether oxygens (including phenoxy) is 1. The number of hydrogen-bond acceptors (Lipinski definition) is 3. The molecule has 0 spiro atoms. The van der Waals surface area contributed by atoms with Gasteiger partial charge in [-0.25, -0.2) is 4.79 Å². The highest BCUT2D eigenvalue weighted by Crippen LogP contribution is 2.33. The molecular weight excluding hydrogens is 379 g/mol. The van der Waals surface area contributed by atoms with Gasteiger partial charge in [-0.2, -0.15) is 0 Å². The van der Waals surface area contributed by atoms with Gasteiger partial charge in [-0.05, 0) is 28.0 Å². The van der Waals surface area contributed by atoms with Gasteiger partial charge in [-0.1, -0.05) is 49.4 Å². The van der Waals surface area contributed by atoms with Gasteiger partial charge >= 0.3 is 6.09 Å². The van der Waals surface area contributed by atoms with Gasteiger partial charge in [0.05, 0.1) is 5.69 Å². The Kier molecular flexibility index (Phi) is 8.06. The van der Waals surface area contributed by atoms with Crippen LogP contribution < -0.4 is 9.64 Å². The lowest BCUT2D eigenvalue weighted by atomic mass is 9.86. The Morgan fingerprint density at radius 1 is 1.10 bits per heavy atom. The molecule has 0 aliphatic heterocycles. The first kappa shape index (κ1) is 20.0. The first-order valence-corrected chi connectivity index (χ1v) is 8.87. The summed E-state index contributed by atoms with van der Waals surface area (Å²) < 4.78 is 5.38. The molecule has 1 aromatic carbocycles. The van der Waals surface area contributed by atoms with Crippen molar-refractivity contribution in [3.05, 3.63) is 23.8 Å². The van der Waals surface area contributed by atoms with Crippen molar-refractivity contribution in [2.24, 2.45) is 0 Å². The Labute approximate surface area is 142 Å². The van der Waals surface area contributed by atoms with Crippen LogP contribution in [0.4, 0.5) is 10.5 Å². The molecule has 5 heteroatoms. The van der Waals surface area contributed by atoms with Crippen molar-refractivity contribution in [3.63, 3.8) is 0 Å². The molecule has 0 saturated heterocycles. The number of hydrogen-bond donors (Lipinski definition) is 0. The molecule has 21 heavy (non-hydrogen) atoms. The summed E-state index contributed by atoms with van der Waals surface area (Å²) in [4.78, 5) is 17.0. The fourth-order valence-corrected chi connectivity index (χ4v) is 1.61. The average molecular weight is 406 g/mol. The van der Waals surface area contributed by atoms with Gasteiger partial charge in [0.1, 0.15) is 0 Å². The predicted octanol–water partition coefficient (Wildman–Crippen LogP) is 4.16. The van der Waals surface area contributed by atoms with Gasteiger partial charge in [0.25, 0.3) is 0 Å². The van der Waals surface area contributed by atoms with E-state index in [1.807, 2.05) is 36.1 Å². The third-order valence-corrected chi connectivity index (χ3v) is 2.87. The average Bonchev–Trinajstić information content (AvgIpc) is 2.39. The van der Waals surface area contributed by atoms with E-state index in [-0.39, 0.29) is 11.5 Å². The zero-order valence-electron chi connectivity index (χ0n) is 14.3. The highest BCUT2D eigenvalue weighted by molar-refractivity contribution is 14.1. The number of alkyl halides is 1. The van der Waals surface area contributed by atoms with E-state index >= 15 is 0 Å². The molecule has 1 rings (SSSR count). The molecule has 0 saturated carbocycles.